The molecule has 2 heterocycles. The van der Waals surface area contributed by atoms with Crippen LogP contribution in [0.25, 0.3) is 6.08 Å². The van der Waals surface area contributed by atoms with Gasteiger partial charge in [0.15, 0.2) is 0 Å². The maximum Gasteiger partial charge on any atom is 0.276 e. The van der Waals surface area contributed by atoms with Crippen LogP contribution in [0.1, 0.15) is 5.76 Å². The molecule has 1 aromatic rings. The molecule has 3 N–H and O–H groups in total. The Labute approximate surface area is 73.9 Å². The highest BCUT2D eigenvalue weighted by Crippen LogP contribution is 2.10. The van der Waals surface area contributed by atoms with Gasteiger partial charge in [0.05, 0.1) is 6.26 Å². The molecule has 66 valence electrons. The fourth-order valence-corrected chi connectivity index (χ4v) is 0.995. The Balaban J connectivity index is 2.31. The maximum absolute atomic E-state index is 11.1. The van der Waals surface area contributed by atoms with E-state index in [4.69, 9.17) is 10.2 Å². The number of carbonyl (C=O) groups is 1. The molecule has 5 nitrogen and oxygen atoms in total. The van der Waals surface area contributed by atoms with Crippen LogP contribution in [0.15, 0.2) is 33.5 Å². The Morgan fingerprint density at radius 2 is 2.46 bits per heavy atom. The van der Waals surface area contributed by atoms with E-state index in [2.05, 4.69) is 10.3 Å². The monoisotopic (exact) mass is 177 g/mol. The molecular formula is C8H7N3O2. The molecule has 0 radical (unpaired) electrons. The molecule has 0 bridgehead atoms. The van der Waals surface area contributed by atoms with E-state index in [1.54, 1.807) is 12.1 Å². The lowest BCUT2D eigenvalue weighted by molar-refractivity contribution is -0.115. The van der Waals surface area contributed by atoms with Gasteiger partial charge in [-0.2, -0.15) is 0 Å². The SMILES string of the molecule is NC1=NC(=Cc2ccco2)C(=O)N1. The summed E-state index contributed by atoms with van der Waals surface area (Å²) in [5, 5.41) is 2.36. The second-order valence-corrected chi connectivity index (χ2v) is 2.50. The van der Waals surface area contributed by atoms with Crippen molar-refractivity contribution in [2.75, 3.05) is 0 Å². The Morgan fingerprint density at radius 1 is 1.62 bits per heavy atom. The van der Waals surface area contributed by atoms with Gasteiger partial charge in [-0.25, -0.2) is 4.99 Å². The van der Waals surface area contributed by atoms with Crippen molar-refractivity contribution >= 4 is 17.9 Å². The molecule has 2 rings (SSSR count). The molecule has 0 saturated heterocycles. The predicted octanol–water partition coefficient (Wildman–Crippen LogP) is 0.0650. The van der Waals surface area contributed by atoms with Crippen LogP contribution in [0.3, 0.4) is 0 Å². The highest BCUT2D eigenvalue weighted by Gasteiger charge is 2.17. The van der Waals surface area contributed by atoms with Gasteiger partial charge in [-0.15, -0.1) is 0 Å². The molecule has 1 aliphatic rings. The number of aliphatic imine (C=N–C) groups is 1. The maximum atomic E-state index is 11.1. The number of hydrogen-bond donors (Lipinski definition) is 2. The minimum Gasteiger partial charge on any atom is -0.465 e. The van der Waals surface area contributed by atoms with Crippen LogP contribution in [0.5, 0.6) is 0 Å². The lowest BCUT2D eigenvalue weighted by Gasteiger charge is -1.88. The van der Waals surface area contributed by atoms with E-state index in [1.807, 2.05) is 0 Å². The van der Waals surface area contributed by atoms with Crippen molar-refractivity contribution in [3.8, 4) is 0 Å². The van der Waals surface area contributed by atoms with Gasteiger partial charge >= 0.3 is 0 Å². The summed E-state index contributed by atoms with van der Waals surface area (Å²) in [6.45, 7) is 0. The molecule has 1 aliphatic heterocycles. The summed E-state index contributed by atoms with van der Waals surface area (Å²) in [6.07, 6.45) is 3.04. The van der Waals surface area contributed by atoms with Crippen LogP contribution < -0.4 is 11.1 Å². The van der Waals surface area contributed by atoms with Crippen LogP contribution in [0.4, 0.5) is 0 Å². The molecule has 1 aromatic heterocycles. The second kappa shape index (κ2) is 2.78. The summed E-state index contributed by atoms with van der Waals surface area (Å²) in [4.78, 5) is 14.9. The van der Waals surface area contributed by atoms with E-state index >= 15 is 0 Å². The van der Waals surface area contributed by atoms with Crippen molar-refractivity contribution in [2.24, 2.45) is 10.7 Å². The second-order valence-electron chi connectivity index (χ2n) is 2.50. The van der Waals surface area contributed by atoms with E-state index < -0.39 is 0 Å². The van der Waals surface area contributed by atoms with E-state index in [9.17, 15) is 4.79 Å². The number of amides is 1. The van der Waals surface area contributed by atoms with Gasteiger partial charge in [0, 0.05) is 6.08 Å². The first-order valence-corrected chi connectivity index (χ1v) is 3.66. The molecule has 13 heavy (non-hydrogen) atoms. The number of guanidine groups is 1. The lowest BCUT2D eigenvalue weighted by Crippen LogP contribution is -2.30. The zero-order chi connectivity index (χ0) is 9.26. The number of nitrogens with zero attached hydrogens (tertiary/aromatic N) is 1. The Bertz CT molecular complexity index is 390. The quantitative estimate of drug-likeness (QED) is 0.595. The normalized spacial score (nSPS) is 18.9. The molecule has 0 atom stereocenters. The number of rotatable bonds is 1. The third kappa shape index (κ3) is 1.44. The molecule has 1 amide bonds. The van der Waals surface area contributed by atoms with E-state index in [1.165, 1.54) is 12.3 Å². The molecule has 0 fully saturated rings. The summed E-state index contributed by atoms with van der Waals surface area (Å²) in [5.41, 5.74) is 5.55. The minimum atomic E-state index is -0.311. The average molecular weight is 177 g/mol. The van der Waals surface area contributed by atoms with Crippen LogP contribution in [-0.2, 0) is 4.79 Å². The van der Waals surface area contributed by atoms with Crippen LogP contribution >= 0.6 is 0 Å². The summed E-state index contributed by atoms with van der Waals surface area (Å²) < 4.78 is 5.01. The number of carbonyl (C=O) groups excluding carboxylic acids is 1. The van der Waals surface area contributed by atoms with Gasteiger partial charge in [0.1, 0.15) is 11.5 Å². The molecule has 0 saturated carbocycles. The van der Waals surface area contributed by atoms with Crippen molar-refractivity contribution < 1.29 is 9.21 Å². The first-order valence-electron chi connectivity index (χ1n) is 3.66. The van der Waals surface area contributed by atoms with Crippen LogP contribution in [0.2, 0.25) is 0 Å². The minimum absolute atomic E-state index is 0.114. The molecule has 0 aliphatic carbocycles. The van der Waals surface area contributed by atoms with Gasteiger partial charge in [0.2, 0.25) is 5.96 Å². The summed E-state index contributed by atoms with van der Waals surface area (Å²) in [6, 6.07) is 3.45. The van der Waals surface area contributed by atoms with Crippen molar-refractivity contribution in [1.29, 1.82) is 0 Å². The van der Waals surface area contributed by atoms with Gasteiger partial charge < -0.3 is 10.2 Å². The summed E-state index contributed by atoms with van der Waals surface area (Å²) in [7, 11) is 0. The van der Waals surface area contributed by atoms with E-state index in [0.29, 0.717) is 5.76 Å². The van der Waals surface area contributed by atoms with Crippen LogP contribution in [0, 0.1) is 0 Å². The van der Waals surface area contributed by atoms with Gasteiger partial charge in [-0.05, 0) is 12.1 Å². The zero-order valence-corrected chi connectivity index (χ0v) is 6.65. The number of furan rings is 1. The fraction of sp³-hybridized carbons (Fsp3) is 0. The van der Waals surface area contributed by atoms with E-state index in [0.717, 1.165) is 0 Å². The molecule has 0 aromatic carbocycles. The lowest BCUT2D eigenvalue weighted by atomic mass is 10.3. The smallest absolute Gasteiger partial charge is 0.276 e. The molecular weight excluding hydrogens is 170 g/mol. The first kappa shape index (κ1) is 7.60. The fourth-order valence-electron chi connectivity index (χ4n) is 0.995. The molecule has 5 heteroatoms. The highest BCUT2D eigenvalue weighted by molar-refractivity contribution is 6.13. The first-order chi connectivity index (χ1) is 6.25. The average Bonchev–Trinajstić information content (AvgIpc) is 2.63. The third-order valence-corrected chi connectivity index (χ3v) is 1.54. The highest BCUT2D eigenvalue weighted by atomic mass is 16.3. The standard InChI is InChI=1S/C8H7N3O2/c9-8-10-6(7(12)11-8)4-5-2-1-3-13-5/h1-4H,(H3,9,10,11,12). The molecule has 0 spiro atoms. The van der Waals surface area contributed by atoms with Crippen molar-refractivity contribution in [2.45, 2.75) is 0 Å². The topological polar surface area (TPSA) is 80.6 Å². The van der Waals surface area contributed by atoms with Gasteiger partial charge in [-0.1, -0.05) is 0 Å². The van der Waals surface area contributed by atoms with Crippen molar-refractivity contribution in [1.82, 2.24) is 5.32 Å². The van der Waals surface area contributed by atoms with E-state index in [-0.39, 0.29) is 17.6 Å². The number of nitrogens with two attached hydrogens (primary N) is 1. The van der Waals surface area contributed by atoms with Gasteiger partial charge in [0.25, 0.3) is 5.91 Å². The number of nitrogens with one attached hydrogen (secondary N) is 1. The Morgan fingerprint density at radius 3 is 3.00 bits per heavy atom. The van der Waals surface area contributed by atoms with Crippen molar-refractivity contribution in [3.05, 3.63) is 29.9 Å². The predicted molar refractivity (Wildman–Crippen MR) is 46.5 cm³/mol. The van der Waals surface area contributed by atoms with Crippen molar-refractivity contribution in [3.63, 3.8) is 0 Å². The largest absolute Gasteiger partial charge is 0.465 e. The third-order valence-electron chi connectivity index (χ3n) is 1.54. The summed E-state index contributed by atoms with van der Waals surface area (Å²) in [5.74, 6) is 0.375. The molecule has 0 unspecified atom stereocenters. The van der Waals surface area contributed by atoms with Gasteiger partial charge in [-0.3, -0.25) is 10.1 Å². The Hall–Kier alpha value is -2.04. The Kier molecular flexibility index (Phi) is 1.63. The number of hydrogen-bond acceptors (Lipinski definition) is 4. The zero-order valence-electron chi connectivity index (χ0n) is 6.65. The summed E-state index contributed by atoms with van der Waals surface area (Å²) >= 11 is 0. The van der Waals surface area contributed by atoms with Crippen LogP contribution in [-0.4, -0.2) is 11.9 Å².